The van der Waals surface area contributed by atoms with Crippen LogP contribution in [0.25, 0.3) is 22.4 Å². The third-order valence-corrected chi connectivity index (χ3v) is 4.29. The first-order valence-corrected chi connectivity index (χ1v) is 8.69. The standard InChI is InChI=1S/C22H21N3O/c1-3-15-5-7-16(8-6-15)19-13-21(25-22(24)20(19)14-23)17-9-11-18(12-10-17)26-4-2/h5-13H,3-4H2,1-2H3,(H2,24,25). The topological polar surface area (TPSA) is 71.9 Å². The summed E-state index contributed by atoms with van der Waals surface area (Å²) in [5, 5.41) is 9.53. The number of nitrogen functional groups attached to an aromatic ring is 1. The lowest BCUT2D eigenvalue weighted by molar-refractivity contribution is 0.340. The van der Waals surface area contributed by atoms with Crippen molar-refractivity contribution < 1.29 is 4.74 Å². The summed E-state index contributed by atoms with van der Waals surface area (Å²) >= 11 is 0. The van der Waals surface area contributed by atoms with Crippen LogP contribution in [0.2, 0.25) is 0 Å². The van der Waals surface area contributed by atoms with Crippen molar-refractivity contribution in [3.05, 3.63) is 65.7 Å². The fourth-order valence-electron chi connectivity index (χ4n) is 2.87. The maximum absolute atomic E-state index is 9.53. The molecule has 0 aliphatic rings. The zero-order valence-electron chi connectivity index (χ0n) is 15.0. The zero-order chi connectivity index (χ0) is 18.5. The third kappa shape index (κ3) is 3.52. The normalized spacial score (nSPS) is 10.3. The number of hydrogen-bond acceptors (Lipinski definition) is 4. The molecule has 1 aromatic heterocycles. The minimum absolute atomic E-state index is 0.244. The van der Waals surface area contributed by atoms with E-state index < -0.39 is 0 Å². The Balaban J connectivity index is 2.08. The smallest absolute Gasteiger partial charge is 0.142 e. The number of nitrogens with zero attached hydrogens (tertiary/aromatic N) is 2. The van der Waals surface area contributed by atoms with Crippen LogP contribution in [0.15, 0.2) is 54.6 Å². The van der Waals surface area contributed by atoms with Crippen molar-refractivity contribution >= 4 is 5.82 Å². The zero-order valence-corrected chi connectivity index (χ0v) is 15.0. The molecule has 0 aliphatic carbocycles. The maximum atomic E-state index is 9.53. The van der Waals surface area contributed by atoms with Gasteiger partial charge in [0, 0.05) is 11.1 Å². The number of aryl methyl sites for hydroxylation is 1. The third-order valence-electron chi connectivity index (χ3n) is 4.29. The Hall–Kier alpha value is -3.32. The number of ether oxygens (including phenoxy) is 1. The van der Waals surface area contributed by atoms with Gasteiger partial charge in [-0.3, -0.25) is 0 Å². The lowest BCUT2D eigenvalue weighted by Gasteiger charge is -2.11. The maximum Gasteiger partial charge on any atom is 0.142 e. The van der Waals surface area contributed by atoms with Gasteiger partial charge < -0.3 is 10.5 Å². The lowest BCUT2D eigenvalue weighted by Crippen LogP contribution is -2.00. The van der Waals surface area contributed by atoms with Crippen molar-refractivity contribution in [1.29, 1.82) is 5.26 Å². The molecule has 3 aromatic rings. The van der Waals surface area contributed by atoms with Crippen LogP contribution in [0.5, 0.6) is 5.75 Å². The Morgan fingerprint density at radius 1 is 1.00 bits per heavy atom. The minimum atomic E-state index is 0.244. The molecular weight excluding hydrogens is 322 g/mol. The highest BCUT2D eigenvalue weighted by molar-refractivity contribution is 5.80. The molecule has 0 saturated carbocycles. The van der Waals surface area contributed by atoms with Gasteiger partial charge in [-0.2, -0.15) is 5.26 Å². The molecule has 0 amide bonds. The van der Waals surface area contributed by atoms with Crippen LogP contribution in [0, 0.1) is 11.3 Å². The summed E-state index contributed by atoms with van der Waals surface area (Å²) in [6, 6.07) is 20.0. The molecule has 0 radical (unpaired) electrons. The summed E-state index contributed by atoms with van der Waals surface area (Å²) < 4.78 is 5.48. The average molecular weight is 343 g/mol. The highest BCUT2D eigenvalue weighted by atomic mass is 16.5. The molecular formula is C22H21N3O. The van der Waals surface area contributed by atoms with E-state index in [-0.39, 0.29) is 5.82 Å². The van der Waals surface area contributed by atoms with Crippen LogP contribution in [-0.4, -0.2) is 11.6 Å². The van der Waals surface area contributed by atoms with E-state index in [1.807, 2.05) is 49.4 Å². The first-order valence-electron chi connectivity index (χ1n) is 8.69. The fourth-order valence-corrected chi connectivity index (χ4v) is 2.87. The van der Waals surface area contributed by atoms with E-state index in [0.29, 0.717) is 12.2 Å². The number of aromatic nitrogens is 1. The summed E-state index contributed by atoms with van der Waals surface area (Å²) in [6.45, 7) is 4.69. The van der Waals surface area contributed by atoms with E-state index in [0.717, 1.165) is 34.6 Å². The quantitative estimate of drug-likeness (QED) is 0.720. The van der Waals surface area contributed by atoms with Crippen molar-refractivity contribution in [3.8, 4) is 34.2 Å². The Bertz CT molecular complexity index is 939. The van der Waals surface area contributed by atoms with E-state index in [4.69, 9.17) is 10.5 Å². The Morgan fingerprint density at radius 3 is 2.23 bits per heavy atom. The second-order valence-corrected chi connectivity index (χ2v) is 5.93. The van der Waals surface area contributed by atoms with Crippen molar-refractivity contribution in [2.45, 2.75) is 20.3 Å². The molecule has 3 rings (SSSR count). The van der Waals surface area contributed by atoms with Gasteiger partial charge in [0.1, 0.15) is 23.2 Å². The number of rotatable bonds is 5. The summed E-state index contributed by atoms with van der Waals surface area (Å²) in [4.78, 5) is 4.42. The number of nitriles is 1. The Morgan fingerprint density at radius 2 is 1.65 bits per heavy atom. The first-order chi connectivity index (χ1) is 12.7. The number of benzene rings is 2. The van der Waals surface area contributed by atoms with Crippen molar-refractivity contribution in [2.75, 3.05) is 12.3 Å². The van der Waals surface area contributed by atoms with E-state index in [1.165, 1.54) is 5.56 Å². The highest BCUT2D eigenvalue weighted by Gasteiger charge is 2.13. The SMILES string of the molecule is CCOc1ccc(-c2cc(-c3ccc(CC)cc3)c(C#N)c(N)n2)cc1. The molecule has 26 heavy (non-hydrogen) atoms. The van der Waals surface area contributed by atoms with Crippen LogP contribution in [0.1, 0.15) is 25.0 Å². The van der Waals surface area contributed by atoms with Gasteiger partial charge in [-0.15, -0.1) is 0 Å². The summed E-state index contributed by atoms with van der Waals surface area (Å²) in [5.74, 6) is 1.06. The average Bonchev–Trinajstić information content (AvgIpc) is 2.68. The van der Waals surface area contributed by atoms with Gasteiger partial charge >= 0.3 is 0 Å². The van der Waals surface area contributed by atoms with Gasteiger partial charge in [-0.05, 0) is 54.8 Å². The van der Waals surface area contributed by atoms with Gasteiger partial charge in [-0.25, -0.2) is 4.98 Å². The molecule has 0 bridgehead atoms. The second kappa shape index (κ2) is 7.71. The van der Waals surface area contributed by atoms with E-state index >= 15 is 0 Å². The molecule has 0 unspecified atom stereocenters. The van der Waals surface area contributed by atoms with E-state index in [2.05, 4.69) is 30.1 Å². The van der Waals surface area contributed by atoms with Gasteiger partial charge in [-0.1, -0.05) is 31.2 Å². The molecule has 4 nitrogen and oxygen atoms in total. The van der Waals surface area contributed by atoms with Crippen LogP contribution >= 0.6 is 0 Å². The first kappa shape index (κ1) is 17.5. The van der Waals surface area contributed by atoms with Crippen LogP contribution < -0.4 is 10.5 Å². The van der Waals surface area contributed by atoms with Gasteiger partial charge in [0.2, 0.25) is 0 Å². The van der Waals surface area contributed by atoms with Crippen molar-refractivity contribution in [2.24, 2.45) is 0 Å². The van der Waals surface area contributed by atoms with Crippen molar-refractivity contribution in [1.82, 2.24) is 4.98 Å². The van der Waals surface area contributed by atoms with Gasteiger partial charge in [0.15, 0.2) is 0 Å². The van der Waals surface area contributed by atoms with Gasteiger partial charge in [0.25, 0.3) is 0 Å². The predicted octanol–water partition coefficient (Wildman–Crippen LogP) is 4.83. The predicted molar refractivity (Wildman–Crippen MR) is 105 cm³/mol. The molecule has 0 fully saturated rings. The van der Waals surface area contributed by atoms with Gasteiger partial charge in [0.05, 0.1) is 12.3 Å². The second-order valence-electron chi connectivity index (χ2n) is 5.93. The largest absolute Gasteiger partial charge is 0.494 e. The summed E-state index contributed by atoms with van der Waals surface area (Å²) in [6.07, 6.45) is 0.974. The van der Waals surface area contributed by atoms with Crippen LogP contribution in [0.4, 0.5) is 5.82 Å². The minimum Gasteiger partial charge on any atom is -0.494 e. The molecule has 4 heteroatoms. The van der Waals surface area contributed by atoms with Crippen LogP contribution in [0.3, 0.4) is 0 Å². The molecule has 0 saturated heterocycles. The molecule has 0 atom stereocenters. The molecule has 130 valence electrons. The molecule has 2 N–H and O–H groups in total. The van der Waals surface area contributed by atoms with E-state index in [1.54, 1.807) is 0 Å². The number of anilines is 1. The number of hydrogen-bond donors (Lipinski definition) is 1. The molecule has 0 spiro atoms. The molecule has 1 heterocycles. The Labute approximate surface area is 153 Å². The monoisotopic (exact) mass is 343 g/mol. The molecule has 0 aliphatic heterocycles. The fraction of sp³-hybridized carbons (Fsp3) is 0.182. The summed E-state index contributed by atoms with van der Waals surface area (Å²) in [7, 11) is 0. The van der Waals surface area contributed by atoms with E-state index in [9.17, 15) is 5.26 Å². The highest BCUT2D eigenvalue weighted by Crippen LogP contribution is 2.32. The van der Waals surface area contributed by atoms with Crippen molar-refractivity contribution in [3.63, 3.8) is 0 Å². The van der Waals surface area contributed by atoms with Crippen LogP contribution in [-0.2, 0) is 6.42 Å². The lowest BCUT2D eigenvalue weighted by atomic mass is 9.97. The Kier molecular flexibility index (Phi) is 5.19. The number of pyridine rings is 1. The summed E-state index contributed by atoms with van der Waals surface area (Å²) in [5.41, 5.74) is 11.2. The number of nitrogens with two attached hydrogens (primary N) is 1. The molecule has 2 aromatic carbocycles.